The van der Waals surface area contributed by atoms with Gasteiger partial charge in [0, 0.05) is 29.5 Å². The summed E-state index contributed by atoms with van der Waals surface area (Å²) >= 11 is 3.22. The molecule has 5 nitrogen and oxygen atoms in total. The monoisotopic (exact) mass is 424 g/mol. The van der Waals surface area contributed by atoms with Crippen LogP contribution in [0.2, 0.25) is 0 Å². The molecule has 1 heterocycles. The van der Waals surface area contributed by atoms with Crippen molar-refractivity contribution < 1.29 is 18.5 Å². The molecule has 2 aromatic rings. The number of Topliss-reactive ketones (excluding diaryl/α,β-unsaturated/α-hetero) is 1. The molecule has 0 amide bonds. The van der Waals surface area contributed by atoms with Crippen LogP contribution in [0.1, 0.15) is 23.2 Å². The second-order valence-corrected chi connectivity index (χ2v) is 7.06. The van der Waals surface area contributed by atoms with Crippen molar-refractivity contribution in [2.75, 3.05) is 18.0 Å². The van der Waals surface area contributed by atoms with Gasteiger partial charge >= 0.3 is 0 Å². The zero-order valence-corrected chi connectivity index (χ0v) is 15.2. The lowest BCUT2D eigenvalue weighted by atomic mass is 9.88. The molecule has 1 fully saturated rings. The van der Waals surface area contributed by atoms with Crippen molar-refractivity contribution in [3.05, 3.63) is 68.2 Å². The number of nitrogens with zero attached hydrogens (tertiary/aromatic N) is 2. The summed E-state index contributed by atoms with van der Waals surface area (Å²) in [4.78, 5) is 25.2. The van der Waals surface area contributed by atoms with Crippen molar-refractivity contribution in [3.63, 3.8) is 0 Å². The molecule has 1 aliphatic heterocycles. The number of nitro groups is 1. The summed E-state index contributed by atoms with van der Waals surface area (Å²) < 4.78 is 27.7. The maximum Gasteiger partial charge on any atom is 0.293 e. The van der Waals surface area contributed by atoms with E-state index in [1.54, 1.807) is 12.1 Å². The van der Waals surface area contributed by atoms with Crippen LogP contribution in [-0.2, 0) is 0 Å². The number of halogens is 3. The van der Waals surface area contributed by atoms with Gasteiger partial charge in [-0.1, -0.05) is 15.9 Å². The molecule has 8 heteroatoms. The van der Waals surface area contributed by atoms with Gasteiger partial charge in [0.05, 0.1) is 10.5 Å². The van der Waals surface area contributed by atoms with Crippen LogP contribution in [0.5, 0.6) is 0 Å². The number of hydrogen-bond acceptors (Lipinski definition) is 4. The number of rotatable bonds is 4. The van der Waals surface area contributed by atoms with Crippen LogP contribution in [0.25, 0.3) is 0 Å². The van der Waals surface area contributed by atoms with Gasteiger partial charge in [-0.2, -0.15) is 0 Å². The maximum atomic E-state index is 13.8. The van der Waals surface area contributed by atoms with Crippen LogP contribution in [-0.4, -0.2) is 23.8 Å². The van der Waals surface area contributed by atoms with Crippen LogP contribution in [0.4, 0.5) is 20.2 Å². The lowest BCUT2D eigenvalue weighted by molar-refractivity contribution is -0.384. The third kappa shape index (κ3) is 3.75. The Morgan fingerprint density at radius 3 is 2.50 bits per heavy atom. The number of ketones is 1. The van der Waals surface area contributed by atoms with Crippen molar-refractivity contribution in [2.24, 2.45) is 5.92 Å². The average Bonchev–Trinajstić information content (AvgIpc) is 2.63. The molecule has 1 aliphatic rings. The fourth-order valence-corrected chi connectivity index (χ4v) is 3.55. The van der Waals surface area contributed by atoms with Gasteiger partial charge in [0.2, 0.25) is 0 Å². The molecule has 0 unspecified atom stereocenters. The number of hydrogen-bond donors (Lipinski definition) is 0. The largest absolute Gasteiger partial charge is 0.366 e. The van der Waals surface area contributed by atoms with Crippen LogP contribution < -0.4 is 4.90 Å². The first-order valence-corrected chi connectivity index (χ1v) is 8.84. The molecular formula is C18H15BrF2N2O3. The van der Waals surface area contributed by atoms with Crippen LogP contribution >= 0.6 is 15.9 Å². The quantitative estimate of drug-likeness (QED) is 0.404. The second-order valence-electron chi connectivity index (χ2n) is 6.14. The molecule has 0 bridgehead atoms. The van der Waals surface area contributed by atoms with E-state index in [1.807, 2.05) is 4.90 Å². The Morgan fingerprint density at radius 1 is 1.15 bits per heavy atom. The van der Waals surface area contributed by atoms with Crippen LogP contribution in [0.15, 0.2) is 40.9 Å². The Kier molecular flexibility index (Phi) is 5.31. The Labute approximate surface area is 156 Å². The van der Waals surface area contributed by atoms with Gasteiger partial charge in [0.1, 0.15) is 17.3 Å². The Bertz CT molecular complexity index is 868. The van der Waals surface area contributed by atoms with Gasteiger partial charge in [-0.25, -0.2) is 8.78 Å². The number of carbonyl (C=O) groups is 1. The zero-order valence-electron chi connectivity index (χ0n) is 13.6. The molecular weight excluding hydrogens is 410 g/mol. The smallest absolute Gasteiger partial charge is 0.293 e. The summed E-state index contributed by atoms with van der Waals surface area (Å²) in [6.45, 7) is 0.853. The predicted octanol–water partition coefficient (Wildman–Crippen LogP) is 4.73. The number of piperidine rings is 1. The molecule has 1 saturated heterocycles. The molecule has 136 valence electrons. The summed E-state index contributed by atoms with van der Waals surface area (Å²) in [6, 6.07) is 7.67. The zero-order chi connectivity index (χ0) is 18.8. The summed E-state index contributed by atoms with van der Waals surface area (Å²) in [7, 11) is 0. The van der Waals surface area contributed by atoms with Crippen molar-refractivity contribution in [3.8, 4) is 0 Å². The molecule has 0 aromatic heterocycles. The maximum absolute atomic E-state index is 13.8. The number of anilines is 1. The number of benzene rings is 2. The Hall–Kier alpha value is -2.35. The normalized spacial score (nSPS) is 15.1. The van der Waals surface area contributed by atoms with E-state index in [4.69, 9.17) is 0 Å². The van der Waals surface area contributed by atoms with E-state index in [2.05, 4.69) is 15.9 Å². The van der Waals surface area contributed by atoms with Crippen molar-refractivity contribution in [2.45, 2.75) is 12.8 Å². The predicted molar refractivity (Wildman–Crippen MR) is 96.4 cm³/mol. The van der Waals surface area contributed by atoms with Crippen molar-refractivity contribution in [1.82, 2.24) is 0 Å². The summed E-state index contributed by atoms with van der Waals surface area (Å²) in [5.74, 6) is -2.25. The molecule has 26 heavy (non-hydrogen) atoms. The summed E-state index contributed by atoms with van der Waals surface area (Å²) in [5, 5.41) is 11.3. The fourth-order valence-electron chi connectivity index (χ4n) is 3.20. The molecule has 0 N–H and O–H groups in total. The fraction of sp³-hybridized carbons (Fsp3) is 0.278. The number of nitro benzene ring substituents is 1. The van der Waals surface area contributed by atoms with E-state index in [-0.39, 0.29) is 11.3 Å². The van der Waals surface area contributed by atoms with Crippen molar-refractivity contribution in [1.29, 1.82) is 0 Å². The SMILES string of the molecule is O=C(c1cc(F)ccc1F)C1CCN(c2ccc(Br)cc2[N+](=O)[O-])CC1. The van der Waals surface area contributed by atoms with E-state index < -0.39 is 28.3 Å². The lowest BCUT2D eigenvalue weighted by Crippen LogP contribution is -2.37. The highest BCUT2D eigenvalue weighted by Gasteiger charge is 2.30. The molecule has 3 rings (SSSR count). The Morgan fingerprint density at radius 2 is 1.85 bits per heavy atom. The van der Waals surface area contributed by atoms with Gasteiger partial charge in [0.15, 0.2) is 5.78 Å². The molecule has 0 saturated carbocycles. The third-order valence-corrected chi connectivity index (χ3v) is 5.03. The first kappa shape index (κ1) is 18.4. The highest BCUT2D eigenvalue weighted by Crippen LogP contribution is 2.34. The minimum Gasteiger partial charge on any atom is -0.366 e. The lowest BCUT2D eigenvalue weighted by Gasteiger charge is -2.32. The Balaban J connectivity index is 1.75. The summed E-state index contributed by atoms with van der Waals surface area (Å²) in [6.07, 6.45) is 0.837. The van der Waals surface area contributed by atoms with E-state index in [0.717, 1.165) is 18.2 Å². The highest BCUT2D eigenvalue weighted by atomic mass is 79.9. The molecule has 0 radical (unpaired) electrons. The average molecular weight is 425 g/mol. The van der Waals surface area contributed by atoms with E-state index >= 15 is 0 Å². The third-order valence-electron chi connectivity index (χ3n) is 4.53. The highest BCUT2D eigenvalue weighted by molar-refractivity contribution is 9.10. The van der Waals surface area contributed by atoms with Crippen LogP contribution in [0.3, 0.4) is 0 Å². The van der Waals surface area contributed by atoms with Crippen molar-refractivity contribution >= 4 is 33.1 Å². The first-order valence-electron chi connectivity index (χ1n) is 8.05. The van der Waals surface area contributed by atoms with Gasteiger partial charge in [0.25, 0.3) is 5.69 Å². The van der Waals surface area contributed by atoms with Gasteiger partial charge in [-0.05, 0) is 43.2 Å². The molecule has 0 spiro atoms. The number of carbonyl (C=O) groups excluding carboxylic acids is 1. The minimum absolute atomic E-state index is 0.0136. The molecule has 0 atom stereocenters. The first-order chi connectivity index (χ1) is 12.4. The standard InChI is InChI=1S/C18H15BrF2N2O3/c19-12-1-4-16(17(9-12)23(25)26)22-7-5-11(6-8-22)18(24)14-10-13(20)2-3-15(14)21/h1-4,9-11H,5-8H2. The van der Waals surface area contributed by atoms with Gasteiger partial charge in [-0.3, -0.25) is 14.9 Å². The molecule has 2 aromatic carbocycles. The van der Waals surface area contributed by atoms with E-state index in [1.165, 1.54) is 6.07 Å². The van der Waals surface area contributed by atoms with Gasteiger partial charge < -0.3 is 4.90 Å². The topological polar surface area (TPSA) is 63.5 Å². The summed E-state index contributed by atoms with van der Waals surface area (Å²) in [5.41, 5.74) is 0.236. The van der Waals surface area contributed by atoms with E-state index in [9.17, 15) is 23.7 Å². The minimum atomic E-state index is -0.734. The second kappa shape index (κ2) is 7.49. The van der Waals surface area contributed by atoms with Gasteiger partial charge in [-0.15, -0.1) is 0 Å². The molecule has 0 aliphatic carbocycles. The van der Waals surface area contributed by atoms with E-state index in [0.29, 0.717) is 36.1 Å². The van der Waals surface area contributed by atoms with Crippen LogP contribution in [0, 0.1) is 27.7 Å².